The average Bonchev–Trinajstić information content (AvgIpc) is 3.13. The number of halogens is 3. The van der Waals surface area contributed by atoms with E-state index in [2.05, 4.69) is 5.92 Å². The molecule has 0 saturated carbocycles. The number of rotatable bonds is 8. The van der Waals surface area contributed by atoms with Crippen molar-refractivity contribution in [1.29, 1.82) is 0 Å². The first kappa shape index (κ1) is 24.8. The molecule has 0 amide bonds. The normalized spacial score (nSPS) is 21.2. The van der Waals surface area contributed by atoms with Crippen molar-refractivity contribution in [2.24, 2.45) is 0 Å². The van der Waals surface area contributed by atoms with Crippen LogP contribution in [0.15, 0.2) is 46.1 Å². The summed E-state index contributed by atoms with van der Waals surface area (Å²) in [6, 6.07) is 9.73. The van der Waals surface area contributed by atoms with E-state index in [1.165, 1.54) is 0 Å². The highest BCUT2D eigenvalue weighted by Crippen LogP contribution is 2.32. The van der Waals surface area contributed by atoms with Crippen LogP contribution in [0.4, 0.5) is 13.2 Å². The lowest BCUT2D eigenvalue weighted by molar-refractivity contribution is -0.140. The van der Waals surface area contributed by atoms with Gasteiger partial charge in [0.1, 0.15) is 24.5 Å². The van der Waals surface area contributed by atoms with Crippen LogP contribution in [0, 0.1) is 12.3 Å². The number of benzene rings is 1. The number of nitrogens with one attached hydrogen (secondary N) is 1. The maximum atomic E-state index is 13.2. The van der Waals surface area contributed by atoms with Crippen molar-refractivity contribution in [3.05, 3.63) is 68.5 Å². The third-order valence-corrected chi connectivity index (χ3v) is 5.26. The molecule has 0 bridgehead atoms. The van der Waals surface area contributed by atoms with Crippen LogP contribution in [0.2, 0.25) is 0 Å². The minimum atomic E-state index is -4.93. The van der Waals surface area contributed by atoms with E-state index in [1.54, 1.807) is 4.98 Å². The molecule has 3 atom stereocenters. The van der Waals surface area contributed by atoms with Crippen molar-refractivity contribution in [2.75, 3.05) is 13.2 Å². The number of H-pyrrole nitrogens is 1. The Morgan fingerprint density at radius 3 is 2.58 bits per heavy atom. The van der Waals surface area contributed by atoms with Gasteiger partial charge in [-0.25, -0.2) is 4.79 Å². The van der Waals surface area contributed by atoms with Crippen LogP contribution in [-0.4, -0.2) is 40.6 Å². The zero-order chi connectivity index (χ0) is 24.2. The van der Waals surface area contributed by atoms with E-state index in [1.807, 2.05) is 44.2 Å². The van der Waals surface area contributed by atoms with Crippen molar-refractivity contribution >= 4 is 0 Å². The number of ether oxygens (including phenoxy) is 3. The van der Waals surface area contributed by atoms with Crippen LogP contribution < -0.4 is 11.2 Å². The van der Waals surface area contributed by atoms with Crippen molar-refractivity contribution in [3.63, 3.8) is 0 Å². The van der Waals surface area contributed by atoms with Crippen molar-refractivity contribution in [3.8, 4) is 12.3 Å². The first-order valence-electron chi connectivity index (χ1n) is 10.3. The topological polar surface area (TPSA) is 82.6 Å². The lowest BCUT2D eigenvalue weighted by atomic mass is 9.98. The Hall–Kier alpha value is -2.87. The van der Waals surface area contributed by atoms with Crippen molar-refractivity contribution in [2.45, 2.75) is 56.9 Å². The molecule has 1 N–H and O–H groups in total. The molecular formula is C23H25F3N2O5. The number of aromatic nitrogens is 2. The lowest BCUT2D eigenvalue weighted by Crippen LogP contribution is -2.37. The van der Waals surface area contributed by atoms with E-state index in [0.29, 0.717) is 17.2 Å². The zero-order valence-corrected chi connectivity index (χ0v) is 18.2. The molecule has 3 rings (SSSR count). The molecule has 1 aliphatic heterocycles. The highest BCUT2D eigenvalue weighted by molar-refractivity contribution is 5.16. The van der Waals surface area contributed by atoms with Gasteiger partial charge >= 0.3 is 11.9 Å². The van der Waals surface area contributed by atoms with Gasteiger partial charge in [-0.1, -0.05) is 36.3 Å². The molecule has 0 aliphatic carbocycles. The standard InChI is InChI=1S/C23H25F3N2O5/c1-4-10-31-17-11-19(28-13-16(23(24,25)26)20(29)27-21(28)30)33-18(17)14-32-22(2,3)12-15-8-6-5-7-9-15/h1,5-9,13,17-19H,10-12,14H2,2-3H3,(H,27,29,30)/t17-,18+,19+/m0/s1. The molecule has 0 radical (unpaired) electrons. The van der Waals surface area contributed by atoms with Crippen LogP contribution in [-0.2, 0) is 26.8 Å². The van der Waals surface area contributed by atoms with Crippen LogP contribution in [0.1, 0.15) is 37.6 Å². The number of aromatic amines is 1. The van der Waals surface area contributed by atoms with Gasteiger partial charge in [0, 0.05) is 19.0 Å². The molecule has 7 nitrogen and oxygen atoms in total. The second-order valence-electron chi connectivity index (χ2n) is 8.36. The van der Waals surface area contributed by atoms with Gasteiger partial charge in [0.05, 0.1) is 18.3 Å². The Balaban J connectivity index is 1.77. The Kier molecular flexibility index (Phi) is 7.47. The van der Waals surface area contributed by atoms with Crippen LogP contribution >= 0.6 is 0 Å². The second kappa shape index (κ2) is 9.95. The summed E-state index contributed by atoms with van der Waals surface area (Å²) in [4.78, 5) is 25.5. The monoisotopic (exact) mass is 466 g/mol. The summed E-state index contributed by atoms with van der Waals surface area (Å²) in [5.41, 5.74) is -3.51. The van der Waals surface area contributed by atoms with Crippen molar-refractivity contribution in [1.82, 2.24) is 9.55 Å². The highest BCUT2D eigenvalue weighted by atomic mass is 19.4. The third-order valence-electron chi connectivity index (χ3n) is 5.26. The largest absolute Gasteiger partial charge is 0.423 e. The molecule has 0 spiro atoms. The number of hydrogen-bond acceptors (Lipinski definition) is 5. The van der Waals surface area contributed by atoms with Gasteiger partial charge in [-0.05, 0) is 19.4 Å². The molecule has 0 unspecified atom stereocenters. The zero-order valence-electron chi connectivity index (χ0n) is 18.2. The quantitative estimate of drug-likeness (QED) is 0.605. The molecule has 1 aromatic carbocycles. The van der Waals surface area contributed by atoms with E-state index < -0.39 is 47.0 Å². The molecule has 1 aliphatic rings. The summed E-state index contributed by atoms with van der Waals surface area (Å²) in [7, 11) is 0. The number of hydrogen-bond donors (Lipinski definition) is 1. The van der Waals surface area contributed by atoms with Crippen LogP contribution in [0.5, 0.6) is 0 Å². The number of terminal acetylenes is 1. The number of nitrogens with zero attached hydrogens (tertiary/aromatic N) is 1. The fourth-order valence-corrected chi connectivity index (χ4v) is 3.70. The van der Waals surface area contributed by atoms with E-state index in [4.69, 9.17) is 20.6 Å². The Morgan fingerprint density at radius 1 is 1.24 bits per heavy atom. The van der Waals surface area contributed by atoms with Gasteiger partial charge in [0.2, 0.25) is 0 Å². The average molecular weight is 466 g/mol. The van der Waals surface area contributed by atoms with Gasteiger partial charge in [0.25, 0.3) is 5.56 Å². The molecule has 1 aromatic heterocycles. The molecule has 178 valence electrons. The Labute approximate surface area is 188 Å². The SMILES string of the molecule is C#CCO[C@H]1C[C@H](n2cc(C(F)(F)F)c(=O)[nH]c2=O)O[C@@H]1COC(C)(C)Cc1ccccc1. The Bertz CT molecular complexity index is 1100. The summed E-state index contributed by atoms with van der Waals surface area (Å²) < 4.78 is 57.7. The molecule has 1 fully saturated rings. The van der Waals surface area contributed by atoms with Gasteiger partial charge < -0.3 is 14.2 Å². The lowest BCUT2D eigenvalue weighted by Gasteiger charge is -2.28. The maximum Gasteiger partial charge on any atom is 0.423 e. The highest BCUT2D eigenvalue weighted by Gasteiger charge is 2.41. The smallest absolute Gasteiger partial charge is 0.372 e. The molecular weight excluding hydrogens is 441 g/mol. The van der Waals surface area contributed by atoms with E-state index in [0.717, 1.165) is 5.56 Å². The van der Waals surface area contributed by atoms with E-state index in [-0.39, 0.29) is 19.6 Å². The number of alkyl halides is 3. The molecule has 2 heterocycles. The van der Waals surface area contributed by atoms with Crippen LogP contribution in [0.25, 0.3) is 0 Å². The molecule has 10 heteroatoms. The molecule has 33 heavy (non-hydrogen) atoms. The summed E-state index contributed by atoms with van der Waals surface area (Å²) in [5, 5.41) is 0. The summed E-state index contributed by atoms with van der Waals surface area (Å²) in [5.74, 6) is 2.34. The predicted molar refractivity (Wildman–Crippen MR) is 114 cm³/mol. The maximum absolute atomic E-state index is 13.2. The summed E-state index contributed by atoms with van der Waals surface area (Å²) in [6.07, 6.45) is -0.920. The van der Waals surface area contributed by atoms with Gasteiger partial charge in [-0.2, -0.15) is 13.2 Å². The second-order valence-corrected chi connectivity index (χ2v) is 8.36. The van der Waals surface area contributed by atoms with Crippen molar-refractivity contribution < 1.29 is 27.4 Å². The van der Waals surface area contributed by atoms with Gasteiger partial charge in [0.15, 0.2) is 0 Å². The Morgan fingerprint density at radius 2 is 1.94 bits per heavy atom. The third kappa shape index (κ3) is 6.35. The molecule has 1 saturated heterocycles. The first-order valence-corrected chi connectivity index (χ1v) is 10.3. The molecule has 2 aromatic rings. The summed E-state index contributed by atoms with van der Waals surface area (Å²) in [6.45, 7) is 3.84. The summed E-state index contributed by atoms with van der Waals surface area (Å²) >= 11 is 0. The minimum absolute atomic E-state index is 0.0427. The fourth-order valence-electron chi connectivity index (χ4n) is 3.70. The van der Waals surface area contributed by atoms with Gasteiger partial charge in [-0.15, -0.1) is 6.42 Å². The predicted octanol–water partition coefficient (Wildman–Crippen LogP) is 2.90. The minimum Gasteiger partial charge on any atom is -0.372 e. The fraction of sp³-hybridized carbons (Fsp3) is 0.478. The first-order chi connectivity index (χ1) is 15.5. The van der Waals surface area contributed by atoms with E-state index in [9.17, 15) is 22.8 Å². The van der Waals surface area contributed by atoms with Gasteiger partial charge in [-0.3, -0.25) is 14.3 Å². The van der Waals surface area contributed by atoms with E-state index >= 15 is 0 Å². The van der Waals surface area contributed by atoms with Crippen LogP contribution in [0.3, 0.4) is 0 Å².